The number of piperidine rings is 1. The summed E-state index contributed by atoms with van der Waals surface area (Å²) >= 11 is 1.51. The molecule has 0 saturated carbocycles. The topological polar surface area (TPSA) is 61.4 Å². The summed E-state index contributed by atoms with van der Waals surface area (Å²) < 4.78 is 0. The Morgan fingerprint density at radius 3 is 2.40 bits per heavy atom. The average Bonchev–Trinajstić information content (AvgIpc) is 3.37. The smallest absolute Gasteiger partial charge is 0.268 e. The Hall–Kier alpha value is -3.38. The third-order valence-electron chi connectivity index (χ3n) is 6.60. The molecule has 4 rings (SSSR count). The summed E-state index contributed by atoms with van der Waals surface area (Å²) in [6.45, 7) is 8.33. The summed E-state index contributed by atoms with van der Waals surface area (Å²) in [5.74, 6) is 0.180. The minimum atomic E-state index is -0.318. The van der Waals surface area contributed by atoms with Crippen LogP contribution in [0.4, 0.5) is 5.69 Å². The van der Waals surface area contributed by atoms with Crippen molar-refractivity contribution in [3.05, 3.63) is 93.3 Å². The first-order valence-corrected chi connectivity index (χ1v) is 13.1. The molecule has 1 aliphatic heterocycles. The lowest BCUT2D eigenvalue weighted by molar-refractivity contribution is -0.118. The molecule has 35 heavy (non-hydrogen) atoms. The fourth-order valence-corrected chi connectivity index (χ4v) is 4.95. The van der Waals surface area contributed by atoms with Gasteiger partial charge in [0.25, 0.3) is 11.8 Å². The van der Waals surface area contributed by atoms with Crippen LogP contribution in [-0.2, 0) is 4.79 Å². The highest BCUT2D eigenvalue weighted by Gasteiger charge is 2.19. The molecule has 6 heteroatoms. The maximum atomic E-state index is 13.3. The van der Waals surface area contributed by atoms with E-state index in [1.165, 1.54) is 29.9 Å². The summed E-state index contributed by atoms with van der Waals surface area (Å²) in [4.78, 5) is 29.5. The Labute approximate surface area is 211 Å². The third kappa shape index (κ3) is 6.40. The lowest BCUT2D eigenvalue weighted by atomic mass is 9.98. The quantitative estimate of drug-likeness (QED) is 0.406. The summed E-state index contributed by atoms with van der Waals surface area (Å²) in [6.07, 6.45) is 4.17. The molecule has 2 aromatic carbocycles. The Morgan fingerprint density at radius 1 is 1.03 bits per heavy atom. The van der Waals surface area contributed by atoms with Gasteiger partial charge in [-0.05, 0) is 79.5 Å². The van der Waals surface area contributed by atoms with Crippen molar-refractivity contribution in [3.8, 4) is 0 Å². The van der Waals surface area contributed by atoms with Crippen molar-refractivity contribution < 1.29 is 9.59 Å². The molecule has 0 unspecified atom stereocenters. The van der Waals surface area contributed by atoms with Gasteiger partial charge in [0.15, 0.2) is 0 Å². The van der Waals surface area contributed by atoms with Crippen LogP contribution in [0.3, 0.4) is 0 Å². The van der Waals surface area contributed by atoms with Gasteiger partial charge in [0, 0.05) is 29.2 Å². The molecule has 5 nitrogen and oxygen atoms in total. The number of rotatable bonds is 7. The molecule has 0 bridgehead atoms. The highest BCUT2D eigenvalue weighted by atomic mass is 32.1. The predicted molar refractivity (Wildman–Crippen MR) is 145 cm³/mol. The van der Waals surface area contributed by atoms with E-state index in [0.717, 1.165) is 35.0 Å². The van der Waals surface area contributed by atoms with Crippen molar-refractivity contribution in [2.45, 2.75) is 39.7 Å². The van der Waals surface area contributed by atoms with Crippen LogP contribution in [0.15, 0.2) is 71.7 Å². The molecule has 2 heterocycles. The summed E-state index contributed by atoms with van der Waals surface area (Å²) in [5, 5.41) is 7.83. The highest BCUT2D eigenvalue weighted by Crippen LogP contribution is 2.25. The molecule has 1 aliphatic rings. The second-order valence-corrected chi connectivity index (χ2v) is 10.3. The second kappa shape index (κ2) is 11.4. The number of hydrogen-bond donors (Lipinski definition) is 2. The number of amides is 2. The Morgan fingerprint density at radius 2 is 1.74 bits per heavy atom. The maximum Gasteiger partial charge on any atom is 0.268 e. The van der Waals surface area contributed by atoms with Crippen LogP contribution >= 0.6 is 11.3 Å². The van der Waals surface area contributed by atoms with E-state index in [1.807, 2.05) is 49.6 Å². The standard InChI is InChI=1S/C29H33N3O2S/c1-20-14-16-32(17-15-20)24-12-10-23(11-13-24)22(3)30-29(34)27(19-25-8-6-18-35-25)31-28(33)26-9-5-4-7-21(26)2/h4-13,18-20,22H,14-17H2,1-3H3,(H,30,34)(H,31,33)/b27-19-/t22-/m0/s1. The molecule has 1 aromatic heterocycles. The Bertz CT molecular complexity index is 1180. The number of nitrogens with one attached hydrogen (secondary N) is 2. The van der Waals surface area contributed by atoms with Crippen molar-refractivity contribution in [2.75, 3.05) is 18.0 Å². The number of thiophene rings is 1. The number of anilines is 1. The van der Waals surface area contributed by atoms with Gasteiger partial charge in [0.1, 0.15) is 5.70 Å². The Kier molecular flexibility index (Phi) is 8.03. The molecule has 2 N–H and O–H groups in total. The Balaban J connectivity index is 1.46. The zero-order valence-electron chi connectivity index (χ0n) is 20.6. The van der Waals surface area contributed by atoms with Gasteiger partial charge in [0.2, 0.25) is 0 Å². The molecule has 0 aliphatic carbocycles. The maximum absolute atomic E-state index is 13.3. The van der Waals surface area contributed by atoms with Crippen LogP contribution in [0.2, 0.25) is 0 Å². The van der Waals surface area contributed by atoms with Crippen LogP contribution < -0.4 is 15.5 Å². The third-order valence-corrected chi connectivity index (χ3v) is 7.42. The van der Waals surface area contributed by atoms with Crippen molar-refractivity contribution in [1.82, 2.24) is 10.6 Å². The second-order valence-electron chi connectivity index (χ2n) is 9.30. The molecule has 0 spiro atoms. The number of nitrogens with zero attached hydrogens (tertiary/aromatic N) is 1. The van der Waals surface area contributed by atoms with Crippen LogP contribution in [0.25, 0.3) is 6.08 Å². The summed E-state index contributed by atoms with van der Waals surface area (Å²) in [5.41, 5.74) is 3.88. The van der Waals surface area contributed by atoms with Gasteiger partial charge in [-0.3, -0.25) is 9.59 Å². The van der Waals surface area contributed by atoms with Gasteiger partial charge in [-0.2, -0.15) is 0 Å². The number of carbonyl (C=O) groups is 2. The van der Waals surface area contributed by atoms with Crippen molar-refractivity contribution in [2.24, 2.45) is 5.92 Å². The summed E-state index contributed by atoms with van der Waals surface area (Å²) in [7, 11) is 0. The van der Waals surface area contributed by atoms with Crippen LogP contribution in [0.1, 0.15) is 59.1 Å². The first-order valence-electron chi connectivity index (χ1n) is 12.2. The van der Waals surface area contributed by atoms with Crippen molar-refractivity contribution >= 4 is 34.9 Å². The van der Waals surface area contributed by atoms with Crippen LogP contribution in [0.5, 0.6) is 0 Å². The van der Waals surface area contributed by atoms with E-state index in [0.29, 0.717) is 5.56 Å². The van der Waals surface area contributed by atoms with E-state index < -0.39 is 0 Å². The monoisotopic (exact) mass is 487 g/mol. The molecule has 0 radical (unpaired) electrons. The zero-order chi connectivity index (χ0) is 24.8. The van der Waals surface area contributed by atoms with Gasteiger partial charge in [-0.15, -0.1) is 11.3 Å². The van der Waals surface area contributed by atoms with Crippen molar-refractivity contribution in [1.29, 1.82) is 0 Å². The van der Waals surface area contributed by atoms with Gasteiger partial charge < -0.3 is 15.5 Å². The number of benzene rings is 2. The minimum Gasteiger partial charge on any atom is -0.372 e. The van der Waals surface area contributed by atoms with E-state index in [4.69, 9.17) is 0 Å². The largest absolute Gasteiger partial charge is 0.372 e. The fourth-order valence-electron chi connectivity index (χ4n) is 4.29. The average molecular weight is 488 g/mol. The number of carbonyl (C=O) groups excluding carboxylic acids is 2. The molecular formula is C29H33N3O2S. The van der Waals surface area contributed by atoms with Gasteiger partial charge in [-0.1, -0.05) is 43.3 Å². The minimum absolute atomic E-state index is 0.208. The molecule has 1 atom stereocenters. The first kappa shape index (κ1) is 24.7. The molecule has 1 fully saturated rings. The normalized spacial score (nSPS) is 15.5. The van der Waals surface area contributed by atoms with Gasteiger partial charge >= 0.3 is 0 Å². The molecule has 182 valence electrons. The molecular weight excluding hydrogens is 454 g/mol. The van der Waals surface area contributed by atoms with Crippen LogP contribution in [0, 0.1) is 12.8 Å². The SMILES string of the molecule is Cc1ccccc1C(=O)N/C(=C\c1cccs1)C(=O)N[C@@H](C)c1ccc(N2CCC(C)CC2)cc1. The van der Waals surface area contributed by atoms with Crippen LogP contribution in [-0.4, -0.2) is 24.9 Å². The highest BCUT2D eigenvalue weighted by molar-refractivity contribution is 7.10. The van der Waals surface area contributed by atoms with Crippen molar-refractivity contribution in [3.63, 3.8) is 0 Å². The summed E-state index contributed by atoms with van der Waals surface area (Å²) in [6, 6.07) is 19.4. The number of hydrogen-bond acceptors (Lipinski definition) is 4. The van der Waals surface area contributed by atoms with Gasteiger partial charge in [0.05, 0.1) is 6.04 Å². The van der Waals surface area contributed by atoms with E-state index in [-0.39, 0.29) is 23.6 Å². The lowest BCUT2D eigenvalue weighted by Gasteiger charge is -2.32. The molecule has 2 amide bonds. The van der Waals surface area contributed by atoms with E-state index in [2.05, 4.69) is 46.7 Å². The molecule has 3 aromatic rings. The zero-order valence-corrected chi connectivity index (χ0v) is 21.4. The van der Waals surface area contributed by atoms with E-state index >= 15 is 0 Å². The predicted octanol–water partition coefficient (Wildman–Crippen LogP) is 5.94. The molecule has 1 saturated heterocycles. The lowest BCUT2D eigenvalue weighted by Crippen LogP contribution is -2.36. The fraction of sp³-hybridized carbons (Fsp3) is 0.310. The first-order chi connectivity index (χ1) is 16.9. The number of aryl methyl sites for hydroxylation is 1. The van der Waals surface area contributed by atoms with E-state index in [1.54, 1.807) is 12.1 Å². The van der Waals surface area contributed by atoms with Gasteiger partial charge in [-0.25, -0.2) is 0 Å². The van der Waals surface area contributed by atoms with E-state index in [9.17, 15) is 9.59 Å².